The molecule has 1 N–H and O–H groups in total. The zero-order valence-corrected chi connectivity index (χ0v) is 9.28. The maximum Gasteiger partial charge on any atom is 0.231 e. The third kappa shape index (κ3) is 2.80. The van der Waals surface area contributed by atoms with Gasteiger partial charge in [-0.3, -0.25) is 0 Å². The van der Waals surface area contributed by atoms with E-state index >= 15 is 0 Å². The van der Waals surface area contributed by atoms with Gasteiger partial charge in [0, 0.05) is 8.22 Å². The molecule has 1 aromatic rings. The van der Waals surface area contributed by atoms with Crippen molar-refractivity contribution in [2.75, 3.05) is 6.79 Å². The van der Waals surface area contributed by atoms with Crippen molar-refractivity contribution in [3.05, 3.63) is 29.8 Å². The average molecular weight is 242 g/mol. The van der Waals surface area contributed by atoms with Gasteiger partial charge in [0.05, 0.1) is 8.82 Å². The van der Waals surface area contributed by atoms with Crippen molar-refractivity contribution in [3.8, 4) is 11.5 Å². The van der Waals surface area contributed by atoms with E-state index in [-0.39, 0.29) is 6.79 Å². The summed E-state index contributed by atoms with van der Waals surface area (Å²) in [5.41, 5.74) is -2.53. The quantitative estimate of drug-likeness (QED) is 0.866. The van der Waals surface area contributed by atoms with Crippen LogP contribution in [0.3, 0.4) is 0 Å². The summed E-state index contributed by atoms with van der Waals surface area (Å²) in [4.78, 5) is 0. The van der Waals surface area contributed by atoms with Crippen LogP contribution in [0.25, 0.3) is 6.08 Å². The van der Waals surface area contributed by atoms with Crippen LogP contribution in [0.15, 0.2) is 24.3 Å². The van der Waals surface area contributed by atoms with E-state index in [1.54, 1.807) is 6.07 Å². The molecule has 0 fully saturated rings. The highest BCUT2D eigenvalue weighted by Crippen LogP contribution is 2.33. The second-order valence-corrected chi connectivity index (χ2v) is 3.87. The molecule has 0 bridgehead atoms. The molecular weight excluding hydrogens is 216 g/mol. The highest BCUT2D eigenvalue weighted by molar-refractivity contribution is 5.56. The monoisotopic (exact) mass is 242 g/mol. The van der Waals surface area contributed by atoms with E-state index in [1.165, 1.54) is 12.1 Å². The molecule has 0 saturated carbocycles. The van der Waals surface area contributed by atoms with E-state index in [0.717, 1.165) is 13.0 Å². The van der Waals surface area contributed by atoms with Crippen molar-refractivity contribution in [1.29, 1.82) is 0 Å². The molecule has 17 heavy (non-hydrogen) atoms. The maximum absolute atomic E-state index is 10.5. The fraction of sp³-hybridized carbons (Fsp3) is 0.429. The molecule has 1 aromatic carbocycles. The zero-order valence-electron chi connectivity index (χ0n) is 17.3. The number of rotatable bonds is 2. The molecule has 2 rings (SSSR count). The minimum absolute atomic E-state index is 0.0365. The Morgan fingerprint density at radius 3 is 3.06 bits per heavy atom. The number of aliphatic hydroxyl groups is 1. The maximum atomic E-state index is 10.5. The van der Waals surface area contributed by atoms with Crippen LogP contribution >= 0.6 is 0 Å². The number of fused-ring (bicyclic) bond motifs is 1. The number of hydrogen-bond acceptors (Lipinski definition) is 3. The Morgan fingerprint density at radius 1 is 1.53 bits per heavy atom. The molecule has 0 amide bonds. The molecule has 1 heterocycles. The number of benzene rings is 1. The van der Waals surface area contributed by atoms with Gasteiger partial charge in [-0.2, -0.15) is 0 Å². The van der Waals surface area contributed by atoms with Gasteiger partial charge in [-0.25, -0.2) is 0 Å². The first-order valence-corrected chi connectivity index (χ1v) is 5.02. The van der Waals surface area contributed by atoms with Gasteiger partial charge >= 0.3 is 0 Å². The third-order valence-electron chi connectivity index (χ3n) is 2.25. The molecule has 92 valence electrons. The summed E-state index contributed by atoms with van der Waals surface area (Å²) in [6, 6.07) is 3.69. The first-order chi connectivity index (χ1) is 11.2. The molecular formula is C14H18O3. The second-order valence-electron chi connectivity index (χ2n) is 3.87. The largest absolute Gasteiger partial charge is 0.454 e. The van der Waals surface area contributed by atoms with Crippen LogP contribution in [0, 0.1) is 5.41 Å². The first kappa shape index (κ1) is 5.44. The van der Waals surface area contributed by atoms with E-state index in [0.29, 0.717) is 17.1 Å². The SMILES string of the molecule is [2H]/C(=C\c1ccc2c(c1)OCO2)C([2H])(O)C(C)(C([2H])([2H])[2H])C([2H])([2H])[2H]. The Labute approximate surface area is 113 Å². The zero-order chi connectivity index (χ0) is 19.3. The van der Waals surface area contributed by atoms with Gasteiger partial charge in [0.25, 0.3) is 0 Å². The molecule has 0 spiro atoms. The van der Waals surface area contributed by atoms with Crippen molar-refractivity contribution in [1.82, 2.24) is 0 Å². The van der Waals surface area contributed by atoms with E-state index in [1.807, 2.05) is 0 Å². The fourth-order valence-electron chi connectivity index (χ4n) is 1.30. The van der Waals surface area contributed by atoms with E-state index in [9.17, 15) is 5.11 Å². The van der Waals surface area contributed by atoms with Crippen LogP contribution in [-0.2, 0) is 0 Å². The van der Waals surface area contributed by atoms with Crippen LogP contribution < -0.4 is 9.47 Å². The predicted molar refractivity (Wildman–Crippen MR) is 67.1 cm³/mol. The summed E-state index contributed by atoms with van der Waals surface area (Å²) in [6.45, 7) is -5.61. The summed E-state index contributed by atoms with van der Waals surface area (Å²) in [7, 11) is 0. The van der Waals surface area contributed by atoms with E-state index < -0.39 is 31.3 Å². The van der Waals surface area contributed by atoms with E-state index in [2.05, 4.69) is 0 Å². The molecule has 1 aliphatic rings. The lowest BCUT2D eigenvalue weighted by Gasteiger charge is -2.22. The Morgan fingerprint density at radius 2 is 2.29 bits per heavy atom. The Balaban J connectivity index is 2.49. The Kier molecular flexibility index (Phi) is 1.41. The highest BCUT2D eigenvalue weighted by atomic mass is 16.7. The standard InChI is InChI=1S/C14H18O3/c1-14(2,3)13(15)7-5-10-4-6-11-12(8-10)17-9-16-11/h4-8,13,15H,9H2,1-3H3/b7-5+/i1D3,2D3,7D,13D. The van der Waals surface area contributed by atoms with Gasteiger partial charge in [-0.15, -0.1) is 0 Å². The summed E-state index contributed by atoms with van der Waals surface area (Å²) in [6.07, 6.45) is -2.15. The van der Waals surface area contributed by atoms with Crippen molar-refractivity contribution in [2.45, 2.75) is 26.7 Å². The number of ether oxygens (including phenoxy) is 2. The summed E-state index contributed by atoms with van der Waals surface area (Å²) in [5, 5.41) is 10.5. The Bertz CT molecular complexity index is 676. The van der Waals surface area contributed by atoms with Crippen molar-refractivity contribution < 1.29 is 25.5 Å². The topological polar surface area (TPSA) is 38.7 Å². The lowest BCUT2D eigenvalue weighted by Crippen LogP contribution is -2.23. The van der Waals surface area contributed by atoms with Gasteiger partial charge in [0.1, 0.15) is 0 Å². The number of hydrogen-bond donors (Lipinski definition) is 1. The van der Waals surface area contributed by atoms with Gasteiger partial charge in [-0.05, 0) is 23.1 Å². The summed E-state index contributed by atoms with van der Waals surface area (Å²) in [5.74, 6) is 0.879. The minimum Gasteiger partial charge on any atom is -0.454 e. The lowest BCUT2D eigenvalue weighted by atomic mass is 9.89. The molecule has 0 aliphatic carbocycles. The normalized spacial score (nSPS) is 27.3. The average Bonchev–Trinajstić information content (AvgIpc) is 2.91. The molecule has 3 heteroatoms. The molecule has 0 aromatic heterocycles. The van der Waals surface area contributed by atoms with Crippen LogP contribution in [-0.4, -0.2) is 18.0 Å². The first-order valence-electron chi connectivity index (χ1n) is 9.02. The summed E-state index contributed by atoms with van der Waals surface area (Å²) < 4.78 is 71.4. The van der Waals surface area contributed by atoms with Gasteiger partial charge in [-0.1, -0.05) is 38.8 Å². The predicted octanol–water partition coefficient (Wildman–Crippen LogP) is 2.84. The smallest absolute Gasteiger partial charge is 0.231 e. The molecule has 1 aliphatic heterocycles. The lowest BCUT2D eigenvalue weighted by molar-refractivity contribution is 0.106. The van der Waals surface area contributed by atoms with Crippen LogP contribution in [0.1, 0.15) is 37.2 Å². The molecule has 0 saturated heterocycles. The van der Waals surface area contributed by atoms with Crippen LogP contribution in [0.5, 0.6) is 11.5 Å². The van der Waals surface area contributed by atoms with Gasteiger partial charge in [0.2, 0.25) is 6.79 Å². The molecule has 3 nitrogen and oxygen atoms in total. The van der Waals surface area contributed by atoms with Gasteiger partial charge in [0.15, 0.2) is 11.5 Å². The van der Waals surface area contributed by atoms with E-state index in [4.69, 9.17) is 20.4 Å². The highest BCUT2D eigenvalue weighted by Gasteiger charge is 2.19. The fourth-order valence-corrected chi connectivity index (χ4v) is 1.30. The van der Waals surface area contributed by atoms with Crippen molar-refractivity contribution in [2.24, 2.45) is 5.41 Å². The molecule has 1 unspecified atom stereocenters. The van der Waals surface area contributed by atoms with Crippen LogP contribution in [0.2, 0.25) is 0 Å². The minimum atomic E-state index is -3.20. The summed E-state index contributed by atoms with van der Waals surface area (Å²) >= 11 is 0. The van der Waals surface area contributed by atoms with Crippen molar-refractivity contribution in [3.63, 3.8) is 0 Å². The van der Waals surface area contributed by atoms with Crippen molar-refractivity contribution >= 4 is 6.08 Å². The molecule has 1 atom stereocenters. The van der Waals surface area contributed by atoms with Crippen LogP contribution in [0.4, 0.5) is 0 Å². The second kappa shape index (κ2) is 4.41. The van der Waals surface area contributed by atoms with Gasteiger partial charge < -0.3 is 14.6 Å². The molecule has 0 radical (unpaired) electrons. The third-order valence-corrected chi connectivity index (χ3v) is 2.25. The Hall–Kier alpha value is -1.48.